The molecule has 1 N–H and O–H groups in total. The lowest BCUT2D eigenvalue weighted by Crippen LogP contribution is -2.32. The molecule has 2 aromatic carbocycles. The fraction of sp³-hybridized carbons (Fsp3) is 0.364. The Morgan fingerprint density at radius 3 is 2.57 bits per heavy atom. The van der Waals surface area contributed by atoms with Crippen LogP contribution in [0.15, 0.2) is 58.6 Å². The van der Waals surface area contributed by atoms with Crippen LogP contribution < -0.4 is 5.32 Å². The van der Waals surface area contributed by atoms with Crippen LogP contribution in [-0.2, 0) is 19.7 Å². The minimum absolute atomic E-state index is 0.181. The number of nitrogens with one attached hydrogen (secondary N) is 1. The summed E-state index contributed by atoms with van der Waals surface area (Å²) in [5.41, 5.74) is 2.36. The van der Waals surface area contributed by atoms with Gasteiger partial charge in [-0.25, -0.2) is 8.42 Å². The van der Waals surface area contributed by atoms with Crippen molar-refractivity contribution in [3.05, 3.63) is 59.7 Å². The third-order valence-electron chi connectivity index (χ3n) is 4.97. The van der Waals surface area contributed by atoms with Crippen LogP contribution in [0.5, 0.6) is 0 Å². The Morgan fingerprint density at radius 1 is 1.10 bits per heavy atom. The normalized spacial score (nSPS) is 15.6. The zero-order valence-electron chi connectivity index (χ0n) is 17.1. The number of aryl methyl sites for hydroxylation is 1. The Labute approximate surface area is 177 Å². The van der Waals surface area contributed by atoms with E-state index in [0.717, 1.165) is 36.8 Å². The van der Waals surface area contributed by atoms with Crippen molar-refractivity contribution in [2.75, 3.05) is 25.0 Å². The third kappa shape index (κ3) is 5.90. The van der Waals surface area contributed by atoms with E-state index in [1.807, 2.05) is 31.2 Å². The molecule has 0 aromatic heterocycles. The summed E-state index contributed by atoms with van der Waals surface area (Å²) in [7, 11) is -3.57. The summed E-state index contributed by atoms with van der Waals surface area (Å²) >= 11 is 0. The molecule has 0 unspecified atom stereocenters. The quantitative estimate of drug-likeness (QED) is 0.539. The smallest absolute Gasteiger partial charge is 0.265 e. The molecule has 7 nitrogen and oxygen atoms in total. The van der Waals surface area contributed by atoms with Crippen LogP contribution in [0.3, 0.4) is 0 Å². The fourth-order valence-corrected chi connectivity index (χ4v) is 4.85. The van der Waals surface area contributed by atoms with Crippen molar-refractivity contribution in [3.63, 3.8) is 0 Å². The van der Waals surface area contributed by atoms with Crippen molar-refractivity contribution in [2.45, 2.75) is 37.5 Å². The van der Waals surface area contributed by atoms with Crippen molar-refractivity contribution in [3.8, 4) is 0 Å². The molecule has 8 heteroatoms. The molecule has 3 rings (SSSR count). The predicted octanol–water partition coefficient (Wildman–Crippen LogP) is 3.55. The van der Waals surface area contributed by atoms with Crippen LogP contribution in [0, 0.1) is 6.92 Å². The first-order chi connectivity index (χ1) is 14.5. The number of sulfonamides is 1. The van der Waals surface area contributed by atoms with Gasteiger partial charge in [-0.3, -0.25) is 4.79 Å². The van der Waals surface area contributed by atoms with Gasteiger partial charge in [-0.05, 0) is 49.1 Å². The van der Waals surface area contributed by atoms with Crippen molar-refractivity contribution < 1.29 is 18.0 Å². The molecule has 160 valence electrons. The Bertz CT molecular complexity index is 997. The van der Waals surface area contributed by atoms with Crippen molar-refractivity contribution in [1.29, 1.82) is 0 Å². The largest absolute Gasteiger partial charge is 0.386 e. The minimum atomic E-state index is -3.57. The van der Waals surface area contributed by atoms with Gasteiger partial charge < -0.3 is 10.2 Å². The predicted molar refractivity (Wildman–Crippen MR) is 117 cm³/mol. The van der Waals surface area contributed by atoms with E-state index in [-0.39, 0.29) is 11.5 Å². The molecule has 0 aliphatic carbocycles. The molecular weight excluding hydrogens is 402 g/mol. The zero-order valence-corrected chi connectivity index (χ0v) is 17.9. The lowest BCUT2D eigenvalue weighted by molar-refractivity contribution is -0.120. The van der Waals surface area contributed by atoms with Crippen molar-refractivity contribution >= 4 is 27.8 Å². The number of oxime groups is 1. The number of benzene rings is 2. The first-order valence-corrected chi connectivity index (χ1v) is 11.5. The molecule has 1 heterocycles. The van der Waals surface area contributed by atoms with Gasteiger partial charge in [0.15, 0.2) is 6.61 Å². The highest BCUT2D eigenvalue weighted by Gasteiger charge is 2.25. The average molecular weight is 430 g/mol. The van der Waals surface area contributed by atoms with Crippen LogP contribution in [0.25, 0.3) is 0 Å². The highest BCUT2D eigenvalue weighted by atomic mass is 32.2. The molecule has 0 bridgehead atoms. The number of nitrogens with zero attached hydrogens (tertiary/aromatic N) is 2. The van der Waals surface area contributed by atoms with E-state index in [9.17, 15) is 13.2 Å². The highest BCUT2D eigenvalue weighted by Crippen LogP contribution is 2.22. The van der Waals surface area contributed by atoms with E-state index in [1.165, 1.54) is 10.4 Å². The van der Waals surface area contributed by atoms with Gasteiger partial charge in [-0.1, -0.05) is 48.3 Å². The molecule has 0 saturated carbocycles. The molecule has 0 radical (unpaired) electrons. The number of rotatable bonds is 7. The first-order valence-electron chi connectivity index (χ1n) is 10.1. The number of hydrogen-bond acceptors (Lipinski definition) is 5. The van der Waals surface area contributed by atoms with Gasteiger partial charge in [-0.2, -0.15) is 4.31 Å². The molecule has 30 heavy (non-hydrogen) atoms. The maximum Gasteiger partial charge on any atom is 0.265 e. The number of carbonyl (C=O) groups excluding carboxylic acids is 1. The minimum Gasteiger partial charge on any atom is -0.386 e. The number of carbonyl (C=O) groups is 1. The van der Waals surface area contributed by atoms with Gasteiger partial charge in [0.05, 0.1) is 11.1 Å². The standard InChI is InChI=1S/C22H27N3O4S/c1-18-9-4-5-10-19(18)16-23-29-17-22(26)24-20-11-8-12-21(15-20)30(27,28)25-13-6-2-3-7-14-25/h4-5,8-12,15-16H,2-3,6-7,13-14,17H2,1H3,(H,24,26)/b23-16+. The van der Waals surface area contributed by atoms with Crippen LogP contribution in [0.4, 0.5) is 5.69 Å². The summed E-state index contributed by atoms with van der Waals surface area (Å²) in [4.78, 5) is 17.4. The maximum atomic E-state index is 12.9. The van der Waals surface area contributed by atoms with Crippen molar-refractivity contribution in [1.82, 2.24) is 4.31 Å². The molecule has 0 spiro atoms. The van der Waals surface area contributed by atoms with E-state index in [4.69, 9.17) is 4.84 Å². The third-order valence-corrected chi connectivity index (χ3v) is 6.87. The lowest BCUT2D eigenvalue weighted by atomic mass is 10.1. The van der Waals surface area contributed by atoms with Gasteiger partial charge in [-0.15, -0.1) is 0 Å². The van der Waals surface area contributed by atoms with E-state index in [0.29, 0.717) is 18.8 Å². The average Bonchev–Trinajstić information content (AvgIpc) is 3.03. The second-order valence-electron chi connectivity index (χ2n) is 7.26. The molecular formula is C22H27N3O4S. The fourth-order valence-electron chi connectivity index (χ4n) is 3.28. The molecule has 0 atom stereocenters. The molecule has 2 aromatic rings. The van der Waals surface area contributed by atoms with Crippen LogP contribution in [-0.4, -0.2) is 44.5 Å². The van der Waals surface area contributed by atoms with E-state index in [1.54, 1.807) is 24.4 Å². The summed E-state index contributed by atoms with van der Waals surface area (Å²) < 4.78 is 27.4. The molecule has 1 amide bonds. The summed E-state index contributed by atoms with van der Waals surface area (Å²) in [6.07, 6.45) is 5.39. The van der Waals surface area contributed by atoms with Gasteiger partial charge in [0.25, 0.3) is 5.91 Å². The lowest BCUT2D eigenvalue weighted by Gasteiger charge is -2.20. The Kier molecular flexibility index (Phi) is 7.59. The summed E-state index contributed by atoms with van der Waals surface area (Å²) in [6.45, 7) is 2.75. The zero-order chi connectivity index (χ0) is 21.4. The van der Waals surface area contributed by atoms with Gasteiger partial charge >= 0.3 is 0 Å². The summed E-state index contributed by atoms with van der Waals surface area (Å²) in [5, 5.41) is 6.48. The Balaban J connectivity index is 1.58. The van der Waals surface area contributed by atoms with Crippen LogP contribution in [0.1, 0.15) is 36.8 Å². The van der Waals surface area contributed by atoms with Gasteiger partial charge in [0.2, 0.25) is 10.0 Å². The highest BCUT2D eigenvalue weighted by molar-refractivity contribution is 7.89. The second-order valence-corrected chi connectivity index (χ2v) is 9.20. The van der Waals surface area contributed by atoms with Crippen molar-refractivity contribution in [2.24, 2.45) is 5.16 Å². The second kappa shape index (κ2) is 10.4. The molecule has 1 fully saturated rings. The molecule has 1 saturated heterocycles. The summed E-state index contributed by atoms with van der Waals surface area (Å²) in [6, 6.07) is 14.0. The Morgan fingerprint density at radius 2 is 1.83 bits per heavy atom. The van der Waals surface area contributed by atoms with Crippen LogP contribution in [0.2, 0.25) is 0 Å². The maximum absolute atomic E-state index is 12.9. The number of hydrogen-bond donors (Lipinski definition) is 1. The van der Waals surface area contributed by atoms with Crippen LogP contribution >= 0.6 is 0 Å². The number of anilines is 1. The first kappa shape index (κ1) is 22.0. The molecule has 1 aliphatic heterocycles. The topological polar surface area (TPSA) is 88.1 Å². The molecule has 1 aliphatic rings. The van der Waals surface area contributed by atoms with E-state index in [2.05, 4.69) is 10.5 Å². The Hall–Kier alpha value is -2.71. The van der Waals surface area contributed by atoms with E-state index >= 15 is 0 Å². The van der Waals surface area contributed by atoms with E-state index < -0.39 is 15.9 Å². The number of amides is 1. The SMILES string of the molecule is Cc1ccccc1/C=N/OCC(=O)Nc1cccc(S(=O)(=O)N2CCCCCC2)c1. The summed E-state index contributed by atoms with van der Waals surface area (Å²) in [5.74, 6) is -0.416. The monoisotopic (exact) mass is 429 g/mol. The van der Waals surface area contributed by atoms with Gasteiger partial charge in [0, 0.05) is 18.8 Å². The van der Waals surface area contributed by atoms with Gasteiger partial charge in [0.1, 0.15) is 0 Å².